The molecule has 2 aromatic heterocycles. The number of imidazole rings is 1. The molecule has 2 aliphatic rings. The Morgan fingerprint density at radius 1 is 1.50 bits per heavy atom. The summed E-state index contributed by atoms with van der Waals surface area (Å²) >= 11 is 1.43. The number of aliphatic carboxylic acids is 1. The zero-order valence-corrected chi connectivity index (χ0v) is 16.4. The van der Waals surface area contributed by atoms with Crippen molar-refractivity contribution in [1.82, 2.24) is 14.6 Å². The van der Waals surface area contributed by atoms with Crippen molar-refractivity contribution >= 4 is 40.0 Å². The van der Waals surface area contributed by atoms with Crippen LogP contribution in [0.3, 0.4) is 0 Å². The van der Waals surface area contributed by atoms with Crippen LogP contribution in [0.4, 0.5) is 0 Å². The van der Waals surface area contributed by atoms with Crippen LogP contribution in [0.5, 0.6) is 0 Å². The highest BCUT2D eigenvalue weighted by molar-refractivity contribution is 7.18. The van der Waals surface area contributed by atoms with E-state index in [2.05, 4.69) is 5.32 Å². The fraction of sp³-hybridized carbons (Fsp3) is 0.444. The number of fused-ring (bicyclic) bond motifs is 2. The first-order valence-corrected chi connectivity index (χ1v) is 9.75. The number of rotatable bonds is 6. The van der Waals surface area contributed by atoms with Gasteiger partial charge in [-0.05, 0) is 6.92 Å². The summed E-state index contributed by atoms with van der Waals surface area (Å²) in [5.74, 6) is -1.44. The number of thiazole rings is 1. The predicted molar refractivity (Wildman–Crippen MR) is 98.9 cm³/mol. The van der Waals surface area contributed by atoms with E-state index in [4.69, 9.17) is 0 Å². The van der Waals surface area contributed by atoms with Crippen LogP contribution in [0.1, 0.15) is 24.5 Å². The summed E-state index contributed by atoms with van der Waals surface area (Å²) in [4.78, 5) is 38.1. The quantitative estimate of drug-likeness (QED) is 0.348. The van der Waals surface area contributed by atoms with Crippen LogP contribution in [0.15, 0.2) is 18.1 Å². The van der Waals surface area contributed by atoms with Gasteiger partial charge < -0.3 is 20.4 Å². The van der Waals surface area contributed by atoms with E-state index in [-0.39, 0.29) is 23.6 Å². The van der Waals surface area contributed by atoms with E-state index in [1.807, 2.05) is 35.3 Å². The molecule has 0 aromatic carbocycles. The Bertz CT molecular complexity index is 1040. The highest BCUT2D eigenvalue weighted by Gasteiger charge is 2.60. The molecule has 9 nitrogen and oxygen atoms in total. The Balaban J connectivity index is 1.81. The second-order valence-electron chi connectivity index (χ2n) is 7.28. The van der Waals surface area contributed by atoms with Gasteiger partial charge in [0, 0.05) is 11.5 Å². The lowest BCUT2D eigenvalue weighted by atomic mass is 9.77. The number of aryl methyl sites for hydroxylation is 1. The maximum Gasteiger partial charge on any atom is 0.352 e. The fourth-order valence-electron chi connectivity index (χ4n) is 4.43. The number of carboxylic acid groups (broad SMARTS) is 1. The van der Waals surface area contributed by atoms with Crippen molar-refractivity contribution in [2.45, 2.75) is 32.5 Å². The first-order valence-electron chi connectivity index (χ1n) is 8.93. The summed E-state index contributed by atoms with van der Waals surface area (Å²) in [6.07, 6.45) is 3.56. The van der Waals surface area contributed by atoms with Gasteiger partial charge in [0.05, 0.1) is 30.0 Å². The molecule has 0 bridgehead atoms. The van der Waals surface area contributed by atoms with Gasteiger partial charge in [-0.1, -0.05) is 18.3 Å². The molecule has 0 radical (unpaired) electrons. The molecular weight excluding hydrogens is 384 g/mol. The van der Waals surface area contributed by atoms with E-state index in [0.717, 1.165) is 15.5 Å². The largest absolute Gasteiger partial charge is 0.477 e. The fourth-order valence-corrected chi connectivity index (χ4v) is 5.67. The number of hydrogen-bond donors (Lipinski definition) is 3. The second kappa shape index (κ2) is 6.42. The summed E-state index contributed by atoms with van der Waals surface area (Å²) in [5, 5.41) is 22.4. The monoisotopic (exact) mass is 405 g/mol. The van der Waals surface area contributed by atoms with Gasteiger partial charge in [0.1, 0.15) is 24.6 Å². The van der Waals surface area contributed by atoms with Crippen molar-refractivity contribution in [3.63, 3.8) is 0 Å². The van der Waals surface area contributed by atoms with Gasteiger partial charge in [0.15, 0.2) is 0 Å². The average molecular weight is 405 g/mol. The number of amides is 2. The average Bonchev–Trinajstić information content (AvgIpc) is 3.20. The Morgan fingerprint density at radius 2 is 2.21 bits per heavy atom. The molecule has 10 heteroatoms. The Kier molecular flexibility index (Phi) is 4.27. The molecule has 0 saturated carbocycles. The van der Waals surface area contributed by atoms with Gasteiger partial charge in [-0.3, -0.25) is 9.59 Å². The SMILES string of the molecule is C[C@@H](O)[C@H]1C(=O)N2C(C(=O)O)=C(c3cn4c(CNC=O)[n+](C)cc4s3)[C@H](C)[C@H]12. The Hall–Kier alpha value is -2.72. The van der Waals surface area contributed by atoms with Crippen LogP contribution in [0, 0.1) is 11.8 Å². The number of carbonyl (C=O) groups is 3. The minimum Gasteiger partial charge on any atom is -0.477 e. The summed E-state index contributed by atoms with van der Waals surface area (Å²) in [6.45, 7) is 3.80. The van der Waals surface area contributed by atoms with Crippen LogP contribution in [-0.2, 0) is 28.0 Å². The highest BCUT2D eigenvalue weighted by atomic mass is 32.1. The van der Waals surface area contributed by atoms with Crippen LogP contribution < -0.4 is 9.88 Å². The third-order valence-corrected chi connectivity index (χ3v) is 6.73. The molecule has 1 fully saturated rings. The van der Waals surface area contributed by atoms with Gasteiger partial charge in [-0.25, -0.2) is 9.36 Å². The molecule has 2 amide bonds. The number of hydrogen-bond acceptors (Lipinski definition) is 5. The minimum absolute atomic E-state index is 0.000782. The van der Waals surface area contributed by atoms with Crippen molar-refractivity contribution in [3.05, 3.63) is 28.8 Å². The molecule has 0 unspecified atom stereocenters. The van der Waals surface area contributed by atoms with Gasteiger partial charge >= 0.3 is 5.97 Å². The zero-order valence-electron chi connectivity index (χ0n) is 15.6. The molecule has 0 aliphatic carbocycles. The molecule has 1 saturated heterocycles. The van der Waals surface area contributed by atoms with E-state index in [9.17, 15) is 24.6 Å². The van der Waals surface area contributed by atoms with E-state index < -0.39 is 18.0 Å². The van der Waals surface area contributed by atoms with Crippen LogP contribution in [0.2, 0.25) is 0 Å². The summed E-state index contributed by atoms with van der Waals surface area (Å²) < 4.78 is 3.82. The van der Waals surface area contributed by atoms with Crippen molar-refractivity contribution in [1.29, 1.82) is 0 Å². The molecule has 4 atom stereocenters. The molecule has 148 valence electrons. The summed E-state index contributed by atoms with van der Waals surface area (Å²) in [6, 6.07) is -0.345. The predicted octanol–water partition coefficient (Wildman–Crippen LogP) is -0.276. The normalized spacial score (nSPS) is 25.1. The second-order valence-corrected chi connectivity index (χ2v) is 8.34. The summed E-state index contributed by atoms with van der Waals surface area (Å²) in [5.41, 5.74) is 0.612. The molecule has 4 rings (SSSR count). The molecule has 28 heavy (non-hydrogen) atoms. The number of carbonyl (C=O) groups excluding carboxylic acids is 2. The lowest BCUT2D eigenvalue weighted by Crippen LogP contribution is -2.63. The molecule has 2 aromatic rings. The number of aromatic nitrogens is 2. The van der Waals surface area contributed by atoms with Crippen LogP contribution in [0.25, 0.3) is 10.4 Å². The van der Waals surface area contributed by atoms with Gasteiger partial charge in [0.25, 0.3) is 5.82 Å². The highest BCUT2D eigenvalue weighted by Crippen LogP contribution is 2.51. The van der Waals surface area contributed by atoms with Crippen LogP contribution >= 0.6 is 11.3 Å². The molecule has 4 heterocycles. The molecule has 3 N–H and O–H groups in total. The van der Waals surface area contributed by atoms with Gasteiger partial charge in [-0.2, -0.15) is 4.40 Å². The third-order valence-electron chi connectivity index (χ3n) is 5.67. The van der Waals surface area contributed by atoms with Gasteiger partial charge in [0.2, 0.25) is 17.1 Å². The summed E-state index contributed by atoms with van der Waals surface area (Å²) in [7, 11) is 1.87. The van der Waals surface area contributed by atoms with Crippen LogP contribution in [-0.4, -0.2) is 49.9 Å². The first kappa shape index (κ1) is 18.6. The van der Waals surface area contributed by atoms with Crippen molar-refractivity contribution < 1.29 is 29.2 Å². The number of nitrogens with one attached hydrogen (secondary N) is 1. The maximum atomic E-state index is 12.5. The van der Waals surface area contributed by atoms with Crippen molar-refractivity contribution in [2.24, 2.45) is 18.9 Å². The van der Waals surface area contributed by atoms with Gasteiger partial charge in [-0.15, -0.1) is 0 Å². The number of aliphatic hydroxyl groups excluding tert-OH is 1. The van der Waals surface area contributed by atoms with E-state index in [1.165, 1.54) is 16.2 Å². The lowest BCUT2D eigenvalue weighted by Gasteiger charge is -2.46. The standard InChI is InChI=1S/C18H20N4O5S/c1-8-13(16(18(26)27)22-15(8)14(9(2)24)17(22)25)10-5-21-11(4-19-7-23)20(3)6-12(21)28-10/h5-9,14-15,24H,4H2,1-3H3,(H-,19,23,26,27)/p+1/t8-,9+,14+,15+/m0/s1. The number of carboxylic acids is 1. The number of aliphatic hydroxyl groups is 1. The Morgan fingerprint density at radius 3 is 2.82 bits per heavy atom. The maximum absolute atomic E-state index is 12.5. The smallest absolute Gasteiger partial charge is 0.352 e. The molecule has 0 spiro atoms. The lowest BCUT2D eigenvalue weighted by molar-refractivity contribution is -0.678. The van der Waals surface area contributed by atoms with E-state index in [0.29, 0.717) is 18.5 Å². The van der Waals surface area contributed by atoms with Crippen molar-refractivity contribution in [3.8, 4) is 0 Å². The minimum atomic E-state index is -1.15. The third kappa shape index (κ3) is 2.41. The zero-order chi connectivity index (χ0) is 20.3. The van der Waals surface area contributed by atoms with Crippen molar-refractivity contribution in [2.75, 3.05) is 0 Å². The van der Waals surface area contributed by atoms with E-state index >= 15 is 0 Å². The number of β-lactam (4-membered cyclic amide) rings is 1. The first-order chi connectivity index (χ1) is 13.3. The molecular formula is C18H21N4O5S+. The molecule has 2 aliphatic heterocycles. The topological polar surface area (TPSA) is 115 Å². The van der Waals surface area contributed by atoms with E-state index in [1.54, 1.807) is 6.92 Å². The number of nitrogens with zero attached hydrogens (tertiary/aromatic N) is 3. The Labute approximate surface area is 164 Å².